The third-order valence-electron chi connectivity index (χ3n) is 3.47. The van der Waals surface area contributed by atoms with Crippen LogP contribution in [0.1, 0.15) is 5.56 Å². The first-order valence-corrected chi connectivity index (χ1v) is 10.9. The van der Waals surface area contributed by atoms with Crippen LogP contribution < -0.4 is 9.64 Å². The molecule has 1 heterocycles. The minimum Gasteiger partial charge on any atom is -0.487 e. The number of thioether (sulfide) groups is 1. The highest BCUT2D eigenvalue weighted by Gasteiger charge is 2.33. The van der Waals surface area contributed by atoms with E-state index in [1.165, 1.54) is 11.8 Å². The molecule has 0 atom stereocenters. The van der Waals surface area contributed by atoms with Crippen LogP contribution in [0.3, 0.4) is 0 Å². The van der Waals surface area contributed by atoms with Gasteiger partial charge in [0.05, 0.1) is 17.7 Å². The summed E-state index contributed by atoms with van der Waals surface area (Å²) in [5.74, 6) is 0.739. The van der Waals surface area contributed by atoms with Crippen LogP contribution >= 0.6 is 69.2 Å². The van der Waals surface area contributed by atoms with Crippen LogP contribution in [0.25, 0.3) is 6.08 Å². The lowest BCUT2D eigenvalue weighted by molar-refractivity contribution is -0.113. The lowest BCUT2D eigenvalue weighted by Gasteiger charge is -2.13. The molecular formula is C19H13I2NO2S2. The Kier molecular flexibility index (Phi) is 6.76. The molecule has 7 heteroatoms. The zero-order chi connectivity index (χ0) is 18.7. The average Bonchev–Trinajstić information content (AvgIpc) is 2.88. The number of ether oxygens (including phenoxy) is 1. The molecule has 2 aromatic rings. The molecule has 3 nitrogen and oxygen atoms in total. The summed E-state index contributed by atoms with van der Waals surface area (Å²) in [6, 6.07) is 13.5. The molecule has 0 N–H and O–H groups in total. The van der Waals surface area contributed by atoms with E-state index in [9.17, 15) is 4.79 Å². The number of benzene rings is 2. The van der Waals surface area contributed by atoms with Crippen LogP contribution in [0, 0.1) is 7.14 Å². The number of halogens is 2. The lowest BCUT2D eigenvalue weighted by atomic mass is 10.2. The Morgan fingerprint density at radius 2 is 1.85 bits per heavy atom. The Morgan fingerprint density at radius 3 is 2.46 bits per heavy atom. The number of para-hydroxylation sites is 1. The van der Waals surface area contributed by atoms with Crippen LogP contribution in [0.4, 0.5) is 5.69 Å². The summed E-state index contributed by atoms with van der Waals surface area (Å²) in [5.41, 5.74) is 1.73. The first-order valence-electron chi connectivity index (χ1n) is 7.57. The lowest BCUT2D eigenvalue weighted by Crippen LogP contribution is -2.27. The van der Waals surface area contributed by atoms with Crippen molar-refractivity contribution >= 4 is 91.2 Å². The van der Waals surface area contributed by atoms with Crippen molar-refractivity contribution in [3.63, 3.8) is 0 Å². The van der Waals surface area contributed by atoms with Crippen molar-refractivity contribution in [3.8, 4) is 5.75 Å². The second kappa shape index (κ2) is 8.85. The molecule has 0 aromatic heterocycles. The average molecular weight is 605 g/mol. The quantitative estimate of drug-likeness (QED) is 0.185. The molecule has 0 spiro atoms. The van der Waals surface area contributed by atoms with Gasteiger partial charge in [-0.1, -0.05) is 54.8 Å². The van der Waals surface area contributed by atoms with Gasteiger partial charge in [-0.2, -0.15) is 0 Å². The van der Waals surface area contributed by atoms with Gasteiger partial charge in [0.1, 0.15) is 12.4 Å². The van der Waals surface area contributed by atoms with Crippen LogP contribution in [-0.2, 0) is 4.79 Å². The minimum absolute atomic E-state index is 0.0943. The standard InChI is InChI=1S/C19H13I2NO2S2/c1-2-8-24-17-14(20)9-12(10-15(17)21)11-16-18(23)22(19(25)26-16)13-6-4-3-5-7-13/h2-7,9-11H,1,8H2/b16-11+. The van der Waals surface area contributed by atoms with Gasteiger partial charge in [-0.3, -0.25) is 9.69 Å². The van der Waals surface area contributed by atoms with E-state index in [0.717, 1.165) is 24.1 Å². The number of thiocarbonyl (C=S) groups is 1. The second-order valence-corrected chi connectivity index (χ2v) is 9.27. The predicted molar refractivity (Wildman–Crippen MR) is 130 cm³/mol. The van der Waals surface area contributed by atoms with E-state index in [1.54, 1.807) is 11.0 Å². The monoisotopic (exact) mass is 605 g/mol. The number of carbonyl (C=O) groups is 1. The maximum Gasteiger partial charge on any atom is 0.270 e. The summed E-state index contributed by atoms with van der Waals surface area (Å²) < 4.78 is 8.22. The van der Waals surface area contributed by atoms with Gasteiger partial charge in [0.25, 0.3) is 5.91 Å². The van der Waals surface area contributed by atoms with E-state index < -0.39 is 0 Å². The highest BCUT2D eigenvalue weighted by atomic mass is 127. The highest BCUT2D eigenvalue weighted by molar-refractivity contribution is 14.1. The van der Waals surface area contributed by atoms with Crippen molar-refractivity contribution in [3.05, 3.63) is 72.7 Å². The molecule has 132 valence electrons. The van der Waals surface area contributed by atoms with Crippen molar-refractivity contribution in [2.24, 2.45) is 0 Å². The summed E-state index contributed by atoms with van der Waals surface area (Å²) in [4.78, 5) is 15.0. The van der Waals surface area contributed by atoms with E-state index >= 15 is 0 Å². The van der Waals surface area contributed by atoms with Gasteiger partial charge in [0, 0.05) is 0 Å². The number of amides is 1. The van der Waals surface area contributed by atoms with Gasteiger partial charge in [0.2, 0.25) is 0 Å². The van der Waals surface area contributed by atoms with Gasteiger partial charge in [-0.25, -0.2) is 0 Å². The smallest absolute Gasteiger partial charge is 0.270 e. The van der Waals surface area contributed by atoms with Crippen molar-refractivity contribution in [2.75, 3.05) is 11.5 Å². The van der Waals surface area contributed by atoms with Crippen LogP contribution in [0.15, 0.2) is 60.0 Å². The summed E-state index contributed by atoms with van der Waals surface area (Å²) in [6.45, 7) is 4.13. The maximum atomic E-state index is 12.8. The number of nitrogens with zero attached hydrogens (tertiary/aromatic N) is 1. The van der Waals surface area contributed by atoms with Crippen LogP contribution in [-0.4, -0.2) is 16.8 Å². The molecule has 0 bridgehead atoms. The summed E-state index contributed by atoms with van der Waals surface area (Å²) in [6.07, 6.45) is 3.60. The molecule has 1 aliphatic heterocycles. The Hall–Kier alpha value is -0.910. The molecule has 1 aliphatic rings. The normalized spacial score (nSPS) is 15.6. The highest BCUT2D eigenvalue weighted by Crippen LogP contribution is 2.37. The van der Waals surface area contributed by atoms with Crippen molar-refractivity contribution in [1.29, 1.82) is 0 Å². The summed E-state index contributed by atoms with van der Waals surface area (Å²) in [7, 11) is 0. The number of anilines is 1. The molecule has 0 unspecified atom stereocenters. The zero-order valence-corrected chi connectivity index (χ0v) is 19.4. The molecule has 2 aromatic carbocycles. The van der Waals surface area contributed by atoms with Crippen LogP contribution in [0.5, 0.6) is 5.75 Å². The Bertz CT molecular complexity index is 890. The third-order valence-corrected chi connectivity index (χ3v) is 6.38. The SMILES string of the molecule is C=CCOc1c(I)cc(/C=C2/SC(=S)N(c3ccccc3)C2=O)cc1I. The summed E-state index contributed by atoms with van der Waals surface area (Å²) in [5, 5.41) is 0. The van der Waals surface area contributed by atoms with Gasteiger partial charge in [-0.05, 0) is 81.1 Å². The fraction of sp³-hybridized carbons (Fsp3) is 0.0526. The van der Waals surface area contributed by atoms with Gasteiger partial charge in [0.15, 0.2) is 4.32 Å². The molecule has 1 fully saturated rings. The fourth-order valence-electron chi connectivity index (χ4n) is 2.36. The molecule has 1 saturated heterocycles. The fourth-order valence-corrected chi connectivity index (χ4v) is 5.79. The van der Waals surface area contributed by atoms with E-state index in [1.807, 2.05) is 48.5 Å². The van der Waals surface area contributed by atoms with Gasteiger partial charge >= 0.3 is 0 Å². The molecular weight excluding hydrogens is 592 g/mol. The molecule has 0 radical (unpaired) electrons. The molecule has 1 amide bonds. The molecule has 0 saturated carbocycles. The van der Waals surface area contributed by atoms with E-state index in [0.29, 0.717) is 15.8 Å². The van der Waals surface area contributed by atoms with E-state index in [2.05, 4.69) is 51.8 Å². The van der Waals surface area contributed by atoms with E-state index in [4.69, 9.17) is 17.0 Å². The molecule has 0 aliphatic carbocycles. The number of rotatable bonds is 5. The topological polar surface area (TPSA) is 29.5 Å². The summed E-state index contributed by atoms with van der Waals surface area (Å²) >= 11 is 11.2. The Balaban J connectivity index is 1.90. The van der Waals surface area contributed by atoms with E-state index in [-0.39, 0.29) is 5.91 Å². The molecule has 3 rings (SSSR count). The van der Waals surface area contributed by atoms with Gasteiger partial charge < -0.3 is 4.74 Å². The first kappa shape index (κ1) is 19.8. The minimum atomic E-state index is -0.0943. The zero-order valence-electron chi connectivity index (χ0n) is 13.4. The van der Waals surface area contributed by atoms with Gasteiger partial charge in [-0.15, -0.1) is 0 Å². The number of hydrogen-bond donors (Lipinski definition) is 0. The number of carbonyl (C=O) groups excluding carboxylic acids is 1. The predicted octanol–water partition coefficient (Wildman–Crippen LogP) is 5.87. The first-order chi connectivity index (χ1) is 12.5. The Labute approximate surface area is 189 Å². The Morgan fingerprint density at radius 1 is 1.19 bits per heavy atom. The number of hydrogen-bond acceptors (Lipinski definition) is 4. The maximum absolute atomic E-state index is 12.8. The largest absolute Gasteiger partial charge is 0.487 e. The van der Waals surface area contributed by atoms with Crippen molar-refractivity contribution < 1.29 is 9.53 Å². The van der Waals surface area contributed by atoms with Crippen molar-refractivity contribution in [1.82, 2.24) is 0 Å². The van der Waals surface area contributed by atoms with Crippen molar-refractivity contribution in [2.45, 2.75) is 0 Å². The second-order valence-electron chi connectivity index (χ2n) is 5.27. The molecule has 26 heavy (non-hydrogen) atoms. The third kappa shape index (κ3) is 4.32. The van der Waals surface area contributed by atoms with Crippen LogP contribution in [0.2, 0.25) is 0 Å².